The van der Waals surface area contributed by atoms with Gasteiger partial charge < -0.3 is 15.3 Å². The molecule has 0 bridgehead atoms. The number of hydrogen-bond donors (Lipinski definition) is 3. The zero-order chi connectivity index (χ0) is 16.6. The van der Waals surface area contributed by atoms with Crippen molar-refractivity contribution in [3.8, 4) is 0 Å². The van der Waals surface area contributed by atoms with Crippen molar-refractivity contribution in [2.75, 3.05) is 19.6 Å². The van der Waals surface area contributed by atoms with E-state index in [4.69, 9.17) is 5.11 Å². The van der Waals surface area contributed by atoms with Crippen LogP contribution in [0, 0.1) is 5.41 Å². The van der Waals surface area contributed by atoms with Gasteiger partial charge in [-0.25, -0.2) is 4.79 Å². The van der Waals surface area contributed by atoms with Crippen LogP contribution in [0.3, 0.4) is 0 Å². The normalized spacial score (nSPS) is 12.9. The number of carboxylic acids is 1. The molecule has 0 rings (SSSR count). The maximum atomic E-state index is 11.7. The highest BCUT2D eigenvalue weighted by atomic mass is 16.4. The first kappa shape index (κ1) is 19.4. The number of amides is 3. The van der Waals surface area contributed by atoms with Crippen molar-refractivity contribution in [1.82, 2.24) is 15.5 Å². The predicted molar refractivity (Wildman–Crippen MR) is 80.0 cm³/mol. The smallest absolute Gasteiger partial charge is 0.321 e. The average molecular weight is 301 g/mol. The molecule has 0 saturated heterocycles. The van der Waals surface area contributed by atoms with Crippen LogP contribution in [0.2, 0.25) is 0 Å². The average Bonchev–Trinajstić information content (AvgIpc) is 2.34. The Kier molecular flexibility index (Phi) is 7.94. The lowest BCUT2D eigenvalue weighted by molar-refractivity contribution is -0.149. The van der Waals surface area contributed by atoms with Gasteiger partial charge in [0.15, 0.2) is 0 Å². The van der Waals surface area contributed by atoms with Gasteiger partial charge in [-0.15, -0.1) is 0 Å². The number of imide groups is 1. The SMILES string of the molecule is CCN(CC)CC(C)NC(=O)NC(=O)CC(C)(C)C(=O)O. The number of nitrogens with zero attached hydrogens (tertiary/aromatic N) is 1. The molecule has 122 valence electrons. The van der Waals surface area contributed by atoms with Crippen LogP contribution in [0.4, 0.5) is 4.79 Å². The van der Waals surface area contributed by atoms with Crippen LogP contribution in [0.5, 0.6) is 0 Å². The Labute approximate surface area is 126 Å². The quantitative estimate of drug-likeness (QED) is 0.622. The number of nitrogens with one attached hydrogen (secondary N) is 2. The Bertz CT molecular complexity index is 378. The largest absolute Gasteiger partial charge is 0.481 e. The van der Waals surface area contributed by atoms with Crippen molar-refractivity contribution < 1.29 is 19.5 Å². The fourth-order valence-electron chi connectivity index (χ4n) is 1.82. The third-order valence-corrected chi connectivity index (χ3v) is 3.24. The summed E-state index contributed by atoms with van der Waals surface area (Å²) < 4.78 is 0. The molecule has 0 aliphatic carbocycles. The molecule has 0 aromatic heterocycles. The molecule has 21 heavy (non-hydrogen) atoms. The van der Waals surface area contributed by atoms with Gasteiger partial charge >= 0.3 is 12.0 Å². The number of aliphatic carboxylic acids is 1. The second-order valence-corrected chi connectivity index (χ2v) is 5.77. The summed E-state index contributed by atoms with van der Waals surface area (Å²) in [6.45, 7) is 11.3. The van der Waals surface area contributed by atoms with E-state index in [1.807, 2.05) is 20.8 Å². The third-order valence-electron chi connectivity index (χ3n) is 3.24. The summed E-state index contributed by atoms with van der Waals surface area (Å²) >= 11 is 0. The first-order chi connectivity index (χ1) is 9.62. The standard InChI is InChI=1S/C14H27N3O4/c1-6-17(7-2)9-10(3)15-13(21)16-11(18)8-14(4,5)12(19)20/h10H,6-9H2,1-5H3,(H,19,20)(H2,15,16,18,21). The van der Waals surface area contributed by atoms with E-state index in [1.165, 1.54) is 13.8 Å². The van der Waals surface area contributed by atoms with E-state index < -0.39 is 23.3 Å². The number of carbonyl (C=O) groups is 3. The van der Waals surface area contributed by atoms with E-state index in [-0.39, 0.29) is 12.5 Å². The number of hydrogen-bond acceptors (Lipinski definition) is 4. The molecule has 0 heterocycles. The van der Waals surface area contributed by atoms with Crippen LogP contribution >= 0.6 is 0 Å². The van der Waals surface area contributed by atoms with Crippen LogP contribution in [0.25, 0.3) is 0 Å². The summed E-state index contributed by atoms with van der Waals surface area (Å²) in [5.74, 6) is -1.68. The van der Waals surface area contributed by atoms with Crippen molar-refractivity contribution in [3.05, 3.63) is 0 Å². The predicted octanol–water partition coefficient (Wildman–Crippen LogP) is 1.04. The zero-order valence-corrected chi connectivity index (χ0v) is 13.5. The summed E-state index contributed by atoms with van der Waals surface area (Å²) in [6, 6.07) is -0.703. The van der Waals surface area contributed by atoms with Crippen molar-refractivity contribution in [1.29, 1.82) is 0 Å². The molecule has 3 amide bonds. The molecule has 0 saturated carbocycles. The van der Waals surface area contributed by atoms with E-state index in [2.05, 4.69) is 15.5 Å². The Hall–Kier alpha value is -1.63. The molecule has 1 atom stereocenters. The Morgan fingerprint density at radius 2 is 1.71 bits per heavy atom. The number of urea groups is 1. The molecule has 0 fully saturated rings. The fraction of sp³-hybridized carbons (Fsp3) is 0.786. The van der Waals surface area contributed by atoms with Crippen molar-refractivity contribution in [3.63, 3.8) is 0 Å². The summed E-state index contributed by atoms with van der Waals surface area (Å²) in [7, 11) is 0. The number of rotatable bonds is 8. The lowest BCUT2D eigenvalue weighted by Gasteiger charge is -2.23. The molecule has 0 aromatic carbocycles. The van der Waals surface area contributed by atoms with Gasteiger partial charge in [-0.1, -0.05) is 13.8 Å². The summed E-state index contributed by atoms with van der Waals surface area (Å²) in [5, 5.41) is 13.8. The first-order valence-electron chi connectivity index (χ1n) is 7.18. The van der Waals surface area contributed by atoms with Gasteiger partial charge in [-0.2, -0.15) is 0 Å². The lowest BCUT2D eigenvalue weighted by atomic mass is 9.89. The van der Waals surface area contributed by atoms with Crippen LogP contribution in [-0.2, 0) is 9.59 Å². The molecule has 7 nitrogen and oxygen atoms in total. The maximum absolute atomic E-state index is 11.7. The zero-order valence-electron chi connectivity index (χ0n) is 13.5. The van der Waals surface area contributed by atoms with Gasteiger partial charge in [0.25, 0.3) is 0 Å². The van der Waals surface area contributed by atoms with Gasteiger partial charge in [0.2, 0.25) is 5.91 Å². The van der Waals surface area contributed by atoms with Gasteiger partial charge in [0, 0.05) is 19.0 Å². The lowest BCUT2D eigenvalue weighted by Crippen LogP contribution is -2.48. The fourth-order valence-corrected chi connectivity index (χ4v) is 1.82. The molecule has 0 aliphatic heterocycles. The van der Waals surface area contributed by atoms with Crippen molar-refractivity contribution >= 4 is 17.9 Å². The summed E-state index contributed by atoms with van der Waals surface area (Å²) in [4.78, 5) is 36.4. The molecule has 0 aromatic rings. The number of carbonyl (C=O) groups excluding carboxylic acids is 2. The molecular formula is C14H27N3O4. The highest BCUT2D eigenvalue weighted by Gasteiger charge is 2.30. The molecule has 7 heteroatoms. The van der Waals surface area contributed by atoms with Crippen LogP contribution < -0.4 is 10.6 Å². The molecular weight excluding hydrogens is 274 g/mol. The Morgan fingerprint density at radius 1 is 1.19 bits per heavy atom. The molecule has 0 spiro atoms. The minimum Gasteiger partial charge on any atom is -0.481 e. The van der Waals surface area contributed by atoms with E-state index in [9.17, 15) is 14.4 Å². The molecule has 0 aliphatic rings. The Morgan fingerprint density at radius 3 is 2.14 bits per heavy atom. The number of carboxylic acid groups (broad SMARTS) is 1. The second-order valence-electron chi connectivity index (χ2n) is 5.77. The third kappa shape index (κ3) is 7.65. The van der Waals surface area contributed by atoms with Crippen molar-refractivity contribution in [2.24, 2.45) is 5.41 Å². The molecule has 1 unspecified atom stereocenters. The van der Waals surface area contributed by atoms with E-state index in [0.29, 0.717) is 6.54 Å². The minimum atomic E-state index is -1.20. The summed E-state index contributed by atoms with van der Waals surface area (Å²) in [5.41, 5.74) is -1.20. The number of likely N-dealkylation sites (N-methyl/N-ethyl adjacent to an activating group) is 1. The second kappa shape index (κ2) is 8.61. The van der Waals surface area contributed by atoms with Gasteiger partial charge in [0.05, 0.1) is 5.41 Å². The highest BCUT2D eigenvalue weighted by molar-refractivity contribution is 5.96. The van der Waals surface area contributed by atoms with Gasteiger partial charge in [0.1, 0.15) is 0 Å². The first-order valence-corrected chi connectivity index (χ1v) is 7.18. The van der Waals surface area contributed by atoms with E-state index in [0.717, 1.165) is 13.1 Å². The van der Waals surface area contributed by atoms with Gasteiger partial charge in [-0.3, -0.25) is 14.9 Å². The van der Waals surface area contributed by atoms with Crippen LogP contribution in [0.15, 0.2) is 0 Å². The maximum Gasteiger partial charge on any atom is 0.321 e. The summed E-state index contributed by atoms with van der Waals surface area (Å²) in [6.07, 6.45) is -0.250. The minimum absolute atomic E-state index is 0.106. The molecule has 3 N–H and O–H groups in total. The van der Waals surface area contributed by atoms with Crippen LogP contribution in [-0.4, -0.2) is 53.6 Å². The monoisotopic (exact) mass is 301 g/mol. The van der Waals surface area contributed by atoms with Crippen molar-refractivity contribution in [2.45, 2.75) is 47.1 Å². The topological polar surface area (TPSA) is 98.7 Å². The molecule has 0 radical (unpaired) electrons. The van der Waals surface area contributed by atoms with Crippen LogP contribution in [0.1, 0.15) is 41.0 Å². The Balaban J connectivity index is 4.25. The van der Waals surface area contributed by atoms with E-state index in [1.54, 1.807) is 0 Å². The van der Waals surface area contributed by atoms with E-state index >= 15 is 0 Å². The highest BCUT2D eigenvalue weighted by Crippen LogP contribution is 2.19. The van der Waals surface area contributed by atoms with Gasteiger partial charge in [-0.05, 0) is 33.9 Å².